The van der Waals surface area contributed by atoms with Crippen LogP contribution in [-0.2, 0) is 23.3 Å². The van der Waals surface area contributed by atoms with E-state index in [2.05, 4.69) is 5.16 Å². The molecular weight excluding hydrogens is 382 g/mol. The number of benzene rings is 2. The van der Waals surface area contributed by atoms with E-state index in [1.54, 1.807) is 0 Å². The van der Waals surface area contributed by atoms with Crippen LogP contribution in [0.5, 0.6) is 0 Å². The lowest BCUT2D eigenvalue weighted by atomic mass is 9.85. The summed E-state index contributed by atoms with van der Waals surface area (Å²) in [6, 6.07) is 6.64. The molecule has 0 aromatic heterocycles. The number of oxime groups is 1. The van der Waals surface area contributed by atoms with Crippen molar-refractivity contribution in [3.63, 3.8) is 0 Å². The van der Waals surface area contributed by atoms with Crippen LogP contribution >= 0.6 is 11.6 Å². The fraction of sp³-hybridized carbons (Fsp3) is 0.350. The van der Waals surface area contributed by atoms with Crippen LogP contribution in [0.25, 0.3) is 0 Å². The van der Waals surface area contributed by atoms with Crippen molar-refractivity contribution in [2.75, 3.05) is 0 Å². The lowest BCUT2D eigenvalue weighted by Crippen LogP contribution is -2.42. The van der Waals surface area contributed by atoms with Crippen LogP contribution in [0.15, 0.2) is 35.5 Å². The zero-order valence-electron chi connectivity index (χ0n) is 14.5. The predicted molar refractivity (Wildman–Crippen MR) is 94.6 cm³/mol. The molecule has 0 amide bonds. The van der Waals surface area contributed by atoms with Gasteiger partial charge < -0.3 is 4.84 Å². The van der Waals surface area contributed by atoms with Gasteiger partial charge >= 0.3 is 6.18 Å². The Morgan fingerprint density at radius 3 is 2.56 bits per heavy atom. The summed E-state index contributed by atoms with van der Waals surface area (Å²) in [6.45, 7) is 2.00. The predicted octanol–water partition coefficient (Wildman–Crippen LogP) is 5.86. The van der Waals surface area contributed by atoms with Crippen LogP contribution in [0.3, 0.4) is 0 Å². The highest BCUT2D eigenvalue weighted by Crippen LogP contribution is 2.49. The molecule has 0 bridgehead atoms. The molecule has 2 aromatic carbocycles. The van der Waals surface area contributed by atoms with Gasteiger partial charge in [-0.1, -0.05) is 35.0 Å². The van der Waals surface area contributed by atoms with Crippen LogP contribution in [0.2, 0.25) is 5.02 Å². The van der Waals surface area contributed by atoms with Crippen molar-refractivity contribution < 1.29 is 22.4 Å². The number of aryl methyl sites for hydroxylation is 1. The smallest absolute Gasteiger partial charge is 0.374 e. The van der Waals surface area contributed by atoms with Gasteiger partial charge in [0.15, 0.2) is 0 Å². The van der Waals surface area contributed by atoms with E-state index < -0.39 is 24.0 Å². The van der Waals surface area contributed by atoms with E-state index in [9.17, 15) is 17.6 Å². The highest BCUT2D eigenvalue weighted by molar-refractivity contribution is 6.30. The molecule has 1 atom stereocenters. The molecule has 27 heavy (non-hydrogen) atoms. The molecule has 142 valence electrons. The van der Waals surface area contributed by atoms with E-state index in [4.69, 9.17) is 16.4 Å². The van der Waals surface area contributed by atoms with Crippen molar-refractivity contribution in [3.8, 4) is 0 Å². The summed E-state index contributed by atoms with van der Waals surface area (Å²) >= 11 is 5.72. The molecule has 0 N–H and O–H groups in total. The Morgan fingerprint density at radius 1 is 1.11 bits per heavy atom. The van der Waals surface area contributed by atoms with Crippen LogP contribution in [0, 0.1) is 12.7 Å². The maximum absolute atomic E-state index is 14.0. The summed E-state index contributed by atoms with van der Waals surface area (Å²) < 4.78 is 55.5. The first-order chi connectivity index (χ1) is 12.7. The van der Waals surface area contributed by atoms with Gasteiger partial charge in [0, 0.05) is 17.5 Å². The monoisotopic (exact) mass is 397 g/mol. The van der Waals surface area contributed by atoms with E-state index in [1.165, 1.54) is 5.56 Å². The van der Waals surface area contributed by atoms with Gasteiger partial charge in [0.25, 0.3) is 5.60 Å². The quantitative estimate of drug-likeness (QED) is 0.582. The molecule has 1 unspecified atom stereocenters. The van der Waals surface area contributed by atoms with E-state index in [1.807, 2.05) is 19.1 Å². The third-order valence-corrected chi connectivity index (χ3v) is 5.69. The average molecular weight is 398 g/mol. The molecule has 4 rings (SSSR count). The summed E-state index contributed by atoms with van der Waals surface area (Å²) in [7, 11) is 0. The van der Waals surface area contributed by atoms with E-state index in [-0.39, 0.29) is 16.3 Å². The highest BCUT2D eigenvalue weighted by atomic mass is 35.5. The Bertz CT molecular complexity index is 954. The first-order valence-corrected chi connectivity index (χ1v) is 9.00. The SMILES string of the molecule is Cc1ccc(C2=NOC(c3ccc(F)c(Cl)c3)(C(F)(F)F)C2)c2c1CCC2. The van der Waals surface area contributed by atoms with Gasteiger partial charge in [-0.15, -0.1) is 0 Å². The van der Waals surface area contributed by atoms with E-state index in [0.717, 1.165) is 48.6 Å². The zero-order valence-corrected chi connectivity index (χ0v) is 15.2. The first-order valence-electron chi connectivity index (χ1n) is 8.62. The maximum Gasteiger partial charge on any atom is 0.435 e. The van der Waals surface area contributed by atoms with Crippen molar-refractivity contribution >= 4 is 17.3 Å². The minimum absolute atomic E-state index is 0.255. The second-order valence-corrected chi connectivity index (χ2v) is 7.41. The number of hydrogen-bond donors (Lipinski definition) is 0. The lowest BCUT2D eigenvalue weighted by Gasteiger charge is -2.29. The first kappa shape index (κ1) is 18.3. The molecule has 1 heterocycles. The van der Waals surface area contributed by atoms with Gasteiger partial charge in [0.05, 0.1) is 10.7 Å². The van der Waals surface area contributed by atoms with Crippen molar-refractivity contribution in [3.05, 3.63) is 69.0 Å². The molecule has 2 aromatic rings. The van der Waals surface area contributed by atoms with Crippen molar-refractivity contribution in [2.45, 2.75) is 44.4 Å². The number of nitrogens with zero attached hydrogens (tertiary/aromatic N) is 1. The number of halogens is 5. The Labute approximate surface area is 158 Å². The topological polar surface area (TPSA) is 21.6 Å². The summed E-state index contributed by atoms with van der Waals surface area (Å²) in [5.41, 5.74) is 1.40. The maximum atomic E-state index is 14.0. The van der Waals surface area contributed by atoms with Crippen molar-refractivity contribution in [1.82, 2.24) is 0 Å². The average Bonchev–Trinajstić information content (AvgIpc) is 3.25. The summed E-state index contributed by atoms with van der Waals surface area (Å²) in [5, 5.41) is 3.44. The standard InChI is InChI=1S/C20H16ClF4NO/c1-11-5-7-15(14-4-2-3-13(11)14)18-10-19(27-26-18,20(23,24)25)12-6-8-17(22)16(21)9-12/h5-9H,2-4,10H2,1H3. The van der Waals surface area contributed by atoms with Gasteiger partial charge in [0.1, 0.15) is 5.82 Å². The van der Waals surface area contributed by atoms with Gasteiger partial charge in [-0.25, -0.2) is 4.39 Å². The van der Waals surface area contributed by atoms with Gasteiger partial charge in [-0.05, 0) is 55.0 Å². The molecule has 0 saturated carbocycles. The molecule has 0 saturated heterocycles. The summed E-state index contributed by atoms with van der Waals surface area (Å²) in [5.74, 6) is -0.784. The molecule has 2 aliphatic rings. The van der Waals surface area contributed by atoms with Gasteiger partial charge in [0.2, 0.25) is 0 Å². The second-order valence-electron chi connectivity index (χ2n) is 7.00. The van der Waals surface area contributed by atoms with Gasteiger partial charge in [-0.3, -0.25) is 0 Å². The normalized spacial score (nSPS) is 21.8. The fourth-order valence-electron chi connectivity index (χ4n) is 3.95. The molecule has 7 heteroatoms. The lowest BCUT2D eigenvalue weighted by molar-refractivity contribution is -0.275. The molecular formula is C20H16ClF4NO. The molecule has 1 aliphatic carbocycles. The second kappa shape index (κ2) is 6.23. The third kappa shape index (κ3) is 2.81. The van der Waals surface area contributed by atoms with Crippen LogP contribution in [0.4, 0.5) is 17.6 Å². The summed E-state index contributed by atoms with van der Waals surface area (Å²) in [4.78, 5) is 5.02. The fourth-order valence-corrected chi connectivity index (χ4v) is 4.13. The van der Waals surface area contributed by atoms with Crippen molar-refractivity contribution in [2.24, 2.45) is 5.16 Å². The minimum Gasteiger partial charge on any atom is -0.374 e. The van der Waals surface area contributed by atoms with E-state index in [0.29, 0.717) is 5.56 Å². The minimum atomic E-state index is -4.74. The highest BCUT2D eigenvalue weighted by Gasteiger charge is 2.62. The van der Waals surface area contributed by atoms with Gasteiger partial charge in [-0.2, -0.15) is 13.2 Å². The van der Waals surface area contributed by atoms with E-state index >= 15 is 0 Å². The Balaban J connectivity index is 1.77. The largest absolute Gasteiger partial charge is 0.435 e. The molecule has 0 fully saturated rings. The molecule has 0 spiro atoms. The van der Waals surface area contributed by atoms with Crippen LogP contribution in [-0.4, -0.2) is 11.9 Å². The van der Waals surface area contributed by atoms with Crippen molar-refractivity contribution in [1.29, 1.82) is 0 Å². The number of alkyl halides is 3. The van der Waals surface area contributed by atoms with Crippen LogP contribution < -0.4 is 0 Å². The number of rotatable bonds is 2. The molecule has 1 aliphatic heterocycles. The molecule has 0 radical (unpaired) electrons. The summed E-state index contributed by atoms with van der Waals surface area (Å²) in [6.07, 6.45) is -2.52. The third-order valence-electron chi connectivity index (χ3n) is 5.40. The zero-order chi connectivity index (χ0) is 19.4. The Hall–Kier alpha value is -2.08. The Morgan fingerprint density at radius 2 is 1.85 bits per heavy atom. The molecule has 2 nitrogen and oxygen atoms in total. The Kier molecular flexibility index (Phi) is 4.22. The van der Waals surface area contributed by atoms with Crippen LogP contribution in [0.1, 0.15) is 40.7 Å². The number of fused-ring (bicyclic) bond motifs is 1. The number of hydrogen-bond acceptors (Lipinski definition) is 2.